The van der Waals surface area contributed by atoms with Crippen LogP contribution in [0.2, 0.25) is 0 Å². The lowest BCUT2D eigenvalue weighted by Crippen LogP contribution is -1.72. The molecule has 0 amide bonds. The zero-order chi connectivity index (χ0) is 4.00. The minimum Gasteiger partial charge on any atom is -0.412 e. The van der Waals surface area contributed by atoms with Crippen LogP contribution in [0.3, 0.4) is 0 Å². The number of rotatable bonds is 0. The van der Waals surface area contributed by atoms with E-state index < -0.39 is 0 Å². The Morgan fingerprint density at radius 2 is 0.800 bits per heavy atom. The maximum Gasteiger partial charge on any atom is -0.219 e. The summed E-state index contributed by atoms with van der Waals surface area (Å²) in [5.74, 6) is 7.00. The number of nitrogens with two attached hydrogens (primary N) is 2. The van der Waals surface area contributed by atoms with Crippen LogP contribution in [-0.4, -0.2) is 15.9 Å². The van der Waals surface area contributed by atoms with Crippen LogP contribution in [0.25, 0.3) is 0 Å². The van der Waals surface area contributed by atoms with Gasteiger partial charge >= 0.3 is 0 Å². The Kier molecular flexibility index (Phi) is 3190. The first-order valence-electron chi connectivity index (χ1n) is 0.516. The van der Waals surface area contributed by atoms with E-state index in [0.717, 1.165) is 0 Å². The predicted octanol–water partition coefficient (Wildman–Crippen LogP) is -2.16. The third-order valence-electron chi connectivity index (χ3n) is 0. The summed E-state index contributed by atoms with van der Waals surface area (Å²) in [4.78, 5) is 0. The van der Waals surface area contributed by atoms with Gasteiger partial charge in [0.05, 0.1) is 0 Å². The highest BCUT2D eigenvalue weighted by molar-refractivity contribution is 2.78. The first-order chi connectivity index (χ1) is 2.00. The average Bonchev–Trinajstić information content (AvgIpc) is 1.50. The summed E-state index contributed by atoms with van der Waals surface area (Å²) in [6.07, 6.45) is 0. The van der Waals surface area contributed by atoms with Gasteiger partial charge in [0.1, 0.15) is 0 Å². The summed E-state index contributed by atoms with van der Waals surface area (Å²) in [5.41, 5.74) is 0. The molecule has 0 atom stereocenters. The highest BCUT2D eigenvalue weighted by Crippen LogP contribution is 0.412. The lowest BCUT2D eigenvalue weighted by Gasteiger charge is -1.27. The molecular formula is H8N2O3. The third-order valence-corrected chi connectivity index (χ3v) is 0. The molecule has 5 nitrogen and oxygen atoms in total. The second-order valence-corrected chi connectivity index (χ2v) is 0. The molecule has 0 aromatic rings. The summed E-state index contributed by atoms with van der Waals surface area (Å²) in [6, 6.07) is 0. The Hall–Kier alpha value is -0.200. The summed E-state index contributed by atoms with van der Waals surface area (Å²) in [6.45, 7) is 0. The fourth-order valence-electron chi connectivity index (χ4n) is 0. The highest BCUT2D eigenvalue weighted by Gasteiger charge is 0.734. The smallest absolute Gasteiger partial charge is 0.219 e. The van der Waals surface area contributed by atoms with Gasteiger partial charge in [-0.1, -0.05) is 0 Å². The Bertz CT molecular complexity index is 4.85. The lowest BCUT2D eigenvalue weighted by atomic mass is 13.6. The zero-order valence-electron chi connectivity index (χ0n) is 2.55. The van der Waals surface area contributed by atoms with Crippen molar-refractivity contribution < 1.29 is 15.9 Å². The second kappa shape index (κ2) is 745. The predicted molar refractivity (Wildman–Crippen MR) is 15.6 cm³/mol. The SMILES string of the molecule is NO.NO.O. The first-order valence-corrected chi connectivity index (χ1v) is 0.516. The molecule has 0 unspecified atom stereocenters. The van der Waals surface area contributed by atoms with Gasteiger partial charge in [0, 0.05) is 0 Å². The van der Waals surface area contributed by atoms with Gasteiger partial charge in [-0.15, -0.1) is 0 Å². The Labute approximate surface area is 29.0 Å². The van der Waals surface area contributed by atoms with Crippen LogP contribution < -0.4 is 11.8 Å². The van der Waals surface area contributed by atoms with Gasteiger partial charge in [0.15, 0.2) is 0 Å². The maximum atomic E-state index is 6.50. The molecule has 0 fully saturated rings. The van der Waals surface area contributed by atoms with Crippen molar-refractivity contribution in [3.63, 3.8) is 0 Å². The Morgan fingerprint density at radius 3 is 0.800 bits per heavy atom. The van der Waals surface area contributed by atoms with E-state index in [1.165, 1.54) is 0 Å². The molecular weight excluding hydrogens is 76.0 g/mol. The van der Waals surface area contributed by atoms with Crippen LogP contribution in [0.1, 0.15) is 0 Å². The average molecular weight is 84.1 g/mol. The molecule has 0 aliphatic heterocycles. The van der Waals surface area contributed by atoms with Crippen molar-refractivity contribution in [2.45, 2.75) is 0 Å². The normalized spacial score (nSPS) is 2.40. The minimum atomic E-state index is 0. The van der Waals surface area contributed by atoms with Crippen molar-refractivity contribution in [2.24, 2.45) is 11.8 Å². The molecule has 0 saturated carbocycles. The molecule has 5 heteroatoms. The van der Waals surface area contributed by atoms with Gasteiger partial charge in [0.2, 0.25) is 0 Å². The van der Waals surface area contributed by atoms with Crippen LogP contribution in [0.5, 0.6) is 0 Å². The van der Waals surface area contributed by atoms with Crippen molar-refractivity contribution in [3.05, 3.63) is 0 Å². The van der Waals surface area contributed by atoms with Gasteiger partial charge < -0.3 is 15.9 Å². The van der Waals surface area contributed by atoms with E-state index in [0.29, 0.717) is 0 Å². The maximum absolute atomic E-state index is 6.50. The number of hydrogen-bond donors (Lipinski definition) is 4. The van der Waals surface area contributed by atoms with Crippen molar-refractivity contribution in [1.29, 1.82) is 0 Å². The molecule has 0 aromatic heterocycles. The van der Waals surface area contributed by atoms with Gasteiger partial charge in [0.25, 0.3) is 0 Å². The Morgan fingerprint density at radius 1 is 0.800 bits per heavy atom. The molecule has 0 radical (unpaired) electrons. The van der Waals surface area contributed by atoms with Crippen LogP contribution in [-0.2, 0) is 0 Å². The standard InChI is InChI=1S/2H3NO.H2O/c2*1-2;/h2*2H,1H2;1H2. The molecule has 0 saturated heterocycles. The molecule has 0 heterocycles. The van der Waals surface area contributed by atoms with Crippen molar-refractivity contribution >= 4 is 0 Å². The zero-order valence-corrected chi connectivity index (χ0v) is 2.55. The van der Waals surface area contributed by atoms with Gasteiger partial charge in [-0.25, -0.2) is 11.8 Å². The van der Waals surface area contributed by atoms with Crippen LogP contribution in [0.4, 0.5) is 0 Å². The van der Waals surface area contributed by atoms with Crippen molar-refractivity contribution in [3.8, 4) is 0 Å². The molecule has 5 heavy (non-hydrogen) atoms. The van der Waals surface area contributed by atoms with Crippen LogP contribution in [0.15, 0.2) is 0 Å². The van der Waals surface area contributed by atoms with Crippen LogP contribution in [0, 0.1) is 0 Å². The Balaban J connectivity index is -0.0000000133. The summed E-state index contributed by atoms with van der Waals surface area (Å²) in [5, 5.41) is 13.0. The lowest BCUT2D eigenvalue weighted by molar-refractivity contribution is 0.311. The minimum absolute atomic E-state index is 0. The molecule has 8 N–H and O–H groups in total. The van der Waals surface area contributed by atoms with Crippen molar-refractivity contribution in [1.82, 2.24) is 0 Å². The summed E-state index contributed by atoms with van der Waals surface area (Å²) >= 11 is 0. The van der Waals surface area contributed by atoms with Crippen molar-refractivity contribution in [2.75, 3.05) is 0 Å². The van der Waals surface area contributed by atoms with Gasteiger partial charge in [-0.3, -0.25) is 0 Å². The molecule has 0 spiro atoms. The fourth-order valence-corrected chi connectivity index (χ4v) is 0. The molecule has 0 rings (SSSR count). The number of hydrogen-bond acceptors (Lipinski definition) is 4. The third kappa shape index (κ3) is 308. The molecule has 0 aliphatic carbocycles. The highest BCUT2D eigenvalue weighted by atomic mass is 16.4. The first kappa shape index (κ1) is 21.4. The van der Waals surface area contributed by atoms with E-state index in [9.17, 15) is 0 Å². The molecule has 0 bridgehead atoms. The second-order valence-electron chi connectivity index (χ2n) is 0. The molecule has 36 valence electrons. The van der Waals surface area contributed by atoms with E-state index in [4.69, 9.17) is 10.4 Å². The molecule has 0 aromatic carbocycles. The monoisotopic (exact) mass is 84.1 g/mol. The largest absolute Gasteiger partial charge is 0.412 e. The van der Waals surface area contributed by atoms with E-state index in [1.807, 2.05) is 0 Å². The van der Waals surface area contributed by atoms with Gasteiger partial charge in [-0.2, -0.15) is 0 Å². The summed E-state index contributed by atoms with van der Waals surface area (Å²) < 4.78 is 0. The quantitative estimate of drug-likeness (QED) is 0.249. The van der Waals surface area contributed by atoms with E-state index in [2.05, 4.69) is 11.8 Å². The fraction of sp³-hybridized carbons (Fsp3) is 0. The van der Waals surface area contributed by atoms with E-state index in [1.54, 1.807) is 0 Å². The summed E-state index contributed by atoms with van der Waals surface area (Å²) in [7, 11) is 0. The van der Waals surface area contributed by atoms with Gasteiger partial charge in [-0.05, 0) is 0 Å². The molecule has 0 aliphatic rings. The topological polar surface area (TPSA) is 124 Å². The van der Waals surface area contributed by atoms with Crippen LogP contribution >= 0.6 is 0 Å². The van der Waals surface area contributed by atoms with E-state index in [-0.39, 0.29) is 5.48 Å². The van der Waals surface area contributed by atoms with E-state index >= 15 is 0 Å².